The Bertz CT molecular complexity index is 401. The second kappa shape index (κ2) is 5.89. The molecule has 0 fully saturated rings. The molecule has 0 heterocycles. The predicted octanol–water partition coefficient (Wildman–Crippen LogP) is 1.18. The van der Waals surface area contributed by atoms with Gasteiger partial charge in [0.1, 0.15) is 6.54 Å². The Morgan fingerprint density at radius 3 is 2.35 bits per heavy atom. The van der Waals surface area contributed by atoms with E-state index in [1.54, 1.807) is 31.2 Å². The van der Waals surface area contributed by atoms with E-state index in [2.05, 4.69) is 0 Å². The molecular weight excluding hydrogens is 220 g/mol. The van der Waals surface area contributed by atoms with Crippen LogP contribution in [0.1, 0.15) is 13.8 Å². The predicted molar refractivity (Wildman–Crippen MR) is 65.5 cm³/mol. The van der Waals surface area contributed by atoms with Gasteiger partial charge in [-0.1, -0.05) is 0 Å². The highest BCUT2D eigenvalue weighted by atomic mass is 16.5. The number of hydrogen-bond acceptors (Lipinski definition) is 4. The zero-order valence-electron chi connectivity index (χ0n) is 9.97. The van der Waals surface area contributed by atoms with E-state index < -0.39 is 5.97 Å². The summed E-state index contributed by atoms with van der Waals surface area (Å²) in [5, 5.41) is 0. The molecule has 0 bridgehead atoms. The van der Waals surface area contributed by atoms with Gasteiger partial charge in [-0.3, -0.25) is 9.59 Å². The van der Waals surface area contributed by atoms with Crippen LogP contribution < -0.4 is 10.6 Å². The molecule has 0 aromatic heterocycles. The summed E-state index contributed by atoms with van der Waals surface area (Å²) in [5.41, 5.74) is 6.79. The highest BCUT2D eigenvalue weighted by Gasteiger charge is 2.16. The van der Waals surface area contributed by atoms with Crippen LogP contribution in [-0.4, -0.2) is 25.0 Å². The van der Waals surface area contributed by atoms with E-state index in [-0.39, 0.29) is 12.5 Å². The quantitative estimate of drug-likeness (QED) is 0.629. The van der Waals surface area contributed by atoms with Crippen molar-refractivity contribution in [2.75, 3.05) is 23.8 Å². The molecule has 0 aliphatic rings. The third-order valence-corrected chi connectivity index (χ3v) is 2.18. The first-order chi connectivity index (χ1) is 8.04. The number of amides is 1. The van der Waals surface area contributed by atoms with Gasteiger partial charge in [-0.2, -0.15) is 0 Å². The summed E-state index contributed by atoms with van der Waals surface area (Å²) in [5.74, 6) is -0.651. The average Bonchev–Trinajstić information content (AvgIpc) is 2.27. The largest absolute Gasteiger partial charge is 0.465 e. The highest BCUT2D eigenvalue weighted by Crippen LogP contribution is 2.16. The fourth-order valence-electron chi connectivity index (χ4n) is 1.37. The molecule has 0 saturated carbocycles. The molecule has 0 aliphatic carbocycles. The van der Waals surface area contributed by atoms with Crippen LogP contribution in [0.3, 0.4) is 0 Å². The number of nitrogen functional groups attached to an aromatic ring is 1. The molecule has 5 nitrogen and oxygen atoms in total. The summed E-state index contributed by atoms with van der Waals surface area (Å²) in [6, 6.07) is 6.73. The van der Waals surface area contributed by atoms with Crippen LogP contribution in [0.5, 0.6) is 0 Å². The number of nitrogens with two attached hydrogens (primary N) is 1. The molecule has 17 heavy (non-hydrogen) atoms. The molecule has 1 rings (SSSR count). The van der Waals surface area contributed by atoms with Crippen LogP contribution in [0.25, 0.3) is 0 Å². The standard InChI is InChI=1S/C12H16N2O3/c1-3-17-12(16)8-14(9(2)15)11-6-4-10(13)5-7-11/h4-7H,3,8,13H2,1-2H3. The Kier molecular flexibility index (Phi) is 4.51. The van der Waals surface area contributed by atoms with Gasteiger partial charge >= 0.3 is 5.97 Å². The lowest BCUT2D eigenvalue weighted by molar-refractivity contribution is -0.142. The fraction of sp³-hybridized carbons (Fsp3) is 0.333. The number of ether oxygens (including phenoxy) is 1. The zero-order chi connectivity index (χ0) is 12.8. The van der Waals surface area contributed by atoms with Crippen LogP contribution in [0, 0.1) is 0 Å². The van der Waals surface area contributed by atoms with Crippen LogP contribution in [0.4, 0.5) is 11.4 Å². The number of benzene rings is 1. The van der Waals surface area contributed by atoms with E-state index in [1.807, 2.05) is 0 Å². The monoisotopic (exact) mass is 236 g/mol. The zero-order valence-corrected chi connectivity index (χ0v) is 9.97. The van der Waals surface area contributed by atoms with Crippen molar-refractivity contribution in [1.82, 2.24) is 0 Å². The van der Waals surface area contributed by atoms with Crippen molar-refractivity contribution < 1.29 is 14.3 Å². The lowest BCUT2D eigenvalue weighted by atomic mass is 10.2. The Morgan fingerprint density at radius 2 is 1.88 bits per heavy atom. The van der Waals surface area contributed by atoms with Crippen molar-refractivity contribution in [2.45, 2.75) is 13.8 Å². The van der Waals surface area contributed by atoms with E-state index in [0.717, 1.165) is 0 Å². The van der Waals surface area contributed by atoms with Gasteiger partial charge in [-0.15, -0.1) is 0 Å². The van der Waals surface area contributed by atoms with E-state index in [1.165, 1.54) is 11.8 Å². The van der Waals surface area contributed by atoms with Crippen molar-refractivity contribution >= 4 is 23.3 Å². The Balaban J connectivity index is 2.82. The van der Waals surface area contributed by atoms with Crippen LogP contribution in [-0.2, 0) is 14.3 Å². The molecule has 0 atom stereocenters. The number of rotatable bonds is 4. The van der Waals surface area contributed by atoms with Crippen LogP contribution in [0.2, 0.25) is 0 Å². The first kappa shape index (κ1) is 13.0. The average molecular weight is 236 g/mol. The number of hydrogen-bond donors (Lipinski definition) is 1. The summed E-state index contributed by atoms with van der Waals surface area (Å²) < 4.78 is 4.81. The summed E-state index contributed by atoms with van der Waals surface area (Å²) in [6.45, 7) is 3.33. The lowest BCUT2D eigenvalue weighted by Gasteiger charge is -2.20. The second-order valence-corrected chi connectivity index (χ2v) is 3.50. The maximum Gasteiger partial charge on any atom is 0.326 e. The van der Waals surface area contributed by atoms with E-state index in [0.29, 0.717) is 18.0 Å². The van der Waals surface area contributed by atoms with Gasteiger partial charge in [-0.25, -0.2) is 0 Å². The Morgan fingerprint density at radius 1 is 1.29 bits per heavy atom. The van der Waals surface area contributed by atoms with Gasteiger partial charge in [0.25, 0.3) is 0 Å². The van der Waals surface area contributed by atoms with Crippen molar-refractivity contribution in [3.63, 3.8) is 0 Å². The molecule has 5 heteroatoms. The van der Waals surface area contributed by atoms with Gasteiger partial charge in [0.15, 0.2) is 0 Å². The number of esters is 1. The van der Waals surface area contributed by atoms with Gasteiger partial charge < -0.3 is 15.4 Å². The van der Waals surface area contributed by atoms with E-state index >= 15 is 0 Å². The fourth-order valence-corrected chi connectivity index (χ4v) is 1.37. The molecular formula is C12H16N2O3. The molecule has 92 valence electrons. The molecule has 0 radical (unpaired) electrons. The highest BCUT2D eigenvalue weighted by molar-refractivity contribution is 5.96. The van der Waals surface area contributed by atoms with E-state index in [4.69, 9.17) is 10.5 Å². The Hall–Kier alpha value is -2.04. The minimum absolute atomic E-state index is 0.0902. The molecule has 2 N–H and O–H groups in total. The molecule has 0 aliphatic heterocycles. The number of carbonyl (C=O) groups excluding carboxylic acids is 2. The lowest BCUT2D eigenvalue weighted by Crippen LogP contribution is -2.34. The smallest absolute Gasteiger partial charge is 0.326 e. The molecule has 0 spiro atoms. The van der Waals surface area contributed by atoms with Crippen molar-refractivity contribution in [3.8, 4) is 0 Å². The van der Waals surface area contributed by atoms with Crippen molar-refractivity contribution in [3.05, 3.63) is 24.3 Å². The number of anilines is 2. The number of nitrogens with zero attached hydrogens (tertiary/aromatic N) is 1. The molecule has 1 aromatic rings. The van der Waals surface area contributed by atoms with Crippen molar-refractivity contribution in [2.24, 2.45) is 0 Å². The summed E-state index contributed by atoms with van der Waals surface area (Å²) in [6.07, 6.45) is 0. The third kappa shape index (κ3) is 3.79. The first-order valence-corrected chi connectivity index (χ1v) is 5.34. The van der Waals surface area contributed by atoms with Gasteiger partial charge in [0.05, 0.1) is 6.61 Å². The van der Waals surface area contributed by atoms with Gasteiger partial charge in [-0.05, 0) is 31.2 Å². The third-order valence-electron chi connectivity index (χ3n) is 2.18. The first-order valence-electron chi connectivity index (χ1n) is 5.34. The van der Waals surface area contributed by atoms with Crippen LogP contribution in [0.15, 0.2) is 24.3 Å². The maximum atomic E-state index is 11.5. The summed E-state index contributed by atoms with van der Waals surface area (Å²) in [4.78, 5) is 24.2. The molecule has 1 aromatic carbocycles. The minimum atomic E-state index is -0.431. The van der Waals surface area contributed by atoms with Gasteiger partial charge in [0, 0.05) is 18.3 Å². The maximum absolute atomic E-state index is 11.5. The van der Waals surface area contributed by atoms with E-state index in [9.17, 15) is 9.59 Å². The SMILES string of the molecule is CCOC(=O)CN(C(C)=O)c1ccc(N)cc1. The summed E-state index contributed by atoms with van der Waals surface area (Å²) >= 11 is 0. The molecule has 0 unspecified atom stereocenters. The second-order valence-electron chi connectivity index (χ2n) is 3.50. The normalized spacial score (nSPS) is 9.76. The van der Waals surface area contributed by atoms with Gasteiger partial charge in [0.2, 0.25) is 5.91 Å². The topological polar surface area (TPSA) is 72.6 Å². The van der Waals surface area contributed by atoms with Crippen LogP contribution >= 0.6 is 0 Å². The number of carbonyl (C=O) groups is 2. The Labute approximate surface area is 100 Å². The molecule has 1 amide bonds. The minimum Gasteiger partial charge on any atom is -0.465 e. The van der Waals surface area contributed by atoms with Crippen molar-refractivity contribution in [1.29, 1.82) is 0 Å². The summed E-state index contributed by atoms with van der Waals surface area (Å²) in [7, 11) is 0. The molecule has 0 saturated heterocycles.